The smallest absolute Gasteiger partial charge is 0.316 e. The van der Waals surface area contributed by atoms with E-state index < -0.39 is 0 Å². The third-order valence-electron chi connectivity index (χ3n) is 5.13. The van der Waals surface area contributed by atoms with Crippen LogP contribution in [-0.2, 0) is 0 Å². The third-order valence-corrected chi connectivity index (χ3v) is 5.13. The molecule has 4 rings (SSSR count). The second kappa shape index (κ2) is 10.1. The molecule has 0 bridgehead atoms. The minimum Gasteiger partial charge on any atom is -0.497 e. The van der Waals surface area contributed by atoms with E-state index in [1.165, 1.54) is 7.11 Å². The fourth-order valence-corrected chi connectivity index (χ4v) is 3.45. The van der Waals surface area contributed by atoms with Crippen molar-refractivity contribution in [3.63, 3.8) is 0 Å². The van der Waals surface area contributed by atoms with E-state index in [1.807, 2.05) is 36.4 Å². The van der Waals surface area contributed by atoms with Gasteiger partial charge in [0.1, 0.15) is 11.5 Å². The molecule has 0 saturated carbocycles. The van der Waals surface area contributed by atoms with E-state index in [2.05, 4.69) is 19.9 Å². The standard InChI is InChI=1S/C24H25N5O4/c1-31-19-9-18(10-20(12-19)32-2)29(7-4-8-30)17-5-6-21-22(11-17)28-23(15-25-21)16-13-26-24(33-3)27-14-16/h5-6,9-15,30H,4,7-8H2,1-3H3. The van der Waals surface area contributed by atoms with Gasteiger partial charge >= 0.3 is 6.01 Å². The number of ether oxygens (including phenoxy) is 3. The Kier molecular flexibility index (Phi) is 6.80. The normalized spacial score (nSPS) is 10.8. The number of methoxy groups -OCH3 is 3. The minimum atomic E-state index is 0.0760. The van der Waals surface area contributed by atoms with Crippen LogP contribution in [0.1, 0.15) is 6.42 Å². The molecular weight excluding hydrogens is 422 g/mol. The van der Waals surface area contributed by atoms with Crippen molar-refractivity contribution in [1.29, 1.82) is 0 Å². The zero-order chi connectivity index (χ0) is 23.2. The summed E-state index contributed by atoms with van der Waals surface area (Å²) in [4.78, 5) is 19.7. The summed E-state index contributed by atoms with van der Waals surface area (Å²) in [6.07, 6.45) is 5.60. The summed E-state index contributed by atoms with van der Waals surface area (Å²) in [5, 5.41) is 9.46. The first-order valence-electron chi connectivity index (χ1n) is 10.4. The van der Waals surface area contributed by atoms with Crippen LogP contribution >= 0.6 is 0 Å². The van der Waals surface area contributed by atoms with Crippen molar-refractivity contribution in [3.05, 3.63) is 55.0 Å². The van der Waals surface area contributed by atoms with E-state index in [0.29, 0.717) is 36.2 Å². The van der Waals surface area contributed by atoms with Gasteiger partial charge in [-0.05, 0) is 24.6 Å². The molecule has 0 aliphatic carbocycles. The first-order chi connectivity index (χ1) is 16.1. The SMILES string of the molecule is COc1cc(OC)cc(N(CCCO)c2ccc3ncc(-c4cnc(OC)nc4)nc3c2)c1. The Labute approximate surface area is 191 Å². The number of aliphatic hydroxyl groups excluding tert-OH is 1. The van der Waals surface area contributed by atoms with Crippen LogP contribution in [0.5, 0.6) is 17.5 Å². The largest absolute Gasteiger partial charge is 0.497 e. The fraction of sp³-hybridized carbons (Fsp3) is 0.250. The lowest BCUT2D eigenvalue weighted by atomic mass is 10.1. The molecule has 0 spiro atoms. The second-order valence-electron chi connectivity index (χ2n) is 7.19. The predicted octanol–water partition coefficient (Wildman–Crippen LogP) is 3.63. The molecule has 4 aromatic rings. The fourth-order valence-electron chi connectivity index (χ4n) is 3.45. The van der Waals surface area contributed by atoms with Crippen molar-refractivity contribution in [2.75, 3.05) is 39.4 Å². The van der Waals surface area contributed by atoms with Crippen LogP contribution in [0.25, 0.3) is 22.3 Å². The quantitative estimate of drug-likeness (QED) is 0.412. The lowest BCUT2D eigenvalue weighted by molar-refractivity contribution is 0.291. The van der Waals surface area contributed by atoms with Crippen LogP contribution in [0.3, 0.4) is 0 Å². The summed E-state index contributed by atoms with van der Waals surface area (Å²) in [6.45, 7) is 0.671. The summed E-state index contributed by atoms with van der Waals surface area (Å²) in [6, 6.07) is 11.9. The van der Waals surface area contributed by atoms with E-state index in [4.69, 9.17) is 19.2 Å². The Bertz CT molecular complexity index is 1210. The van der Waals surface area contributed by atoms with Crippen LogP contribution in [0, 0.1) is 0 Å². The molecule has 0 aliphatic heterocycles. The maximum Gasteiger partial charge on any atom is 0.316 e. The van der Waals surface area contributed by atoms with E-state index in [0.717, 1.165) is 28.0 Å². The third kappa shape index (κ3) is 4.93. The Morgan fingerprint density at radius 1 is 0.788 bits per heavy atom. The highest BCUT2D eigenvalue weighted by Gasteiger charge is 2.14. The molecule has 0 radical (unpaired) electrons. The zero-order valence-electron chi connectivity index (χ0n) is 18.7. The van der Waals surface area contributed by atoms with Gasteiger partial charge in [-0.1, -0.05) is 0 Å². The van der Waals surface area contributed by atoms with Crippen LogP contribution in [0.4, 0.5) is 11.4 Å². The van der Waals surface area contributed by atoms with Gasteiger partial charge in [-0.3, -0.25) is 4.98 Å². The van der Waals surface area contributed by atoms with Crippen LogP contribution in [0.2, 0.25) is 0 Å². The van der Waals surface area contributed by atoms with Crippen LogP contribution in [0.15, 0.2) is 55.0 Å². The summed E-state index contributed by atoms with van der Waals surface area (Å²) < 4.78 is 15.9. The molecule has 2 aromatic heterocycles. The number of aliphatic hydroxyl groups is 1. The Balaban J connectivity index is 1.76. The number of nitrogens with zero attached hydrogens (tertiary/aromatic N) is 5. The van der Waals surface area contributed by atoms with Gasteiger partial charge in [0.25, 0.3) is 0 Å². The van der Waals surface area contributed by atoms with Crippen molar-refractivity contribution in [2.45, 2.75) is 6.42 Å². The van der Waals surface area contributed by atoms with E-state index in [1.54, 1.807) is 32.8 Å². The number of aromatic nitrogens is 4. The molecule has 33 heavy (non-hydrogen) atoms. The van der Waals surface area contributed by atoms with E-state index in [9.17, 15) is 5.11 Å². The van der Waals surface area contributed by atoms with Crippen molar-refractivity contribution in [2.24, 2.45) is 0 Å². The lowest BCUT2D eigenvalue weighted by Crippen LogP contribution is -2.19. The Morgan fingerprint density at radius 3 is 2.15 bits per heavy atom. The lowest BCUT2D eigenvalue weighted by Gasteiger charge is -2.26. The van der Waals surface area contributed by atoms with Crippen LogP contribution < -0.4 is 19.1 Å². The first-order valence-corrected chi connectivity index (χ1v) is 10.4. The molecule has 170 valence electrons. The van der Waals surface area contributed by atoms with Crippen molar-refractivity contribution >= 4 is 22.4 Å². The number of rotatable bonds is 9. The molecule has 9 heteroatoms. The number of benzene rings is 2. The Hall–Kier alpha value is -3.98. The average molecular weight is 447 g/mol. The van der Waals surface area contributed by atoms with Crippen LogP contribution in [-0.4, -0.2) is 59.5 Å². The van der Waals surface area contributed by atoms with Gasteiger partial charge < -0.3 is 24.2 Å². The zero-order valence-corrected chi connectivity index (χ0v) is 18.7. The number of fused-ring (bicyclic) bond motifs is 1. The second-order valence-corrected chi connectivity index (χ2v) is 7.19. The maximum atomic E-state index is 9.46. The van der Waals surface area contributed by atoms with Gasteiger partial charge in [0, 0.05) is 60.7 Å². The van der Waals surface area contributed by atoms with E-state index in [-0.39, 0.29) is 6.61 Å². The van der Waals surface area contributed by atoms with Gasteiger partial charge in [0.2, 0.25) is 0 Å². The summed E-state index contributed by atoms with van der Waals surface area (Å²) in [5.41, 5.74) is 4.68. The maximum absolute atomic E-state index is 9.46. The highest BCUT2D eigenvalue weighted by Crippen LogP contribution is 2.34. The molecule has 0 aliphatic rings. The molecule has 2 heterocycles. The minimum absolute atomic E-state index is 0.0760. The molecule has 0 fully saturated rings. The summed E-state index contributed by atoms with van der Waals surface area (Å²) in [7, 11) is 4.76. The molecular formula is C24H25N5O4. The molecule has 0 atom stereocenters. The topological polar surface area (TPSA) is 103 Å². The highest BCUT2D eigenvalue weighted by molar-refractivity contribution is 5.82. The molecule has 0 saturated heterocycles. The number of anilines is 2. The van der Waals surface area contributed by atoms with Crippen molar-refractivity contribution < 1.29 is 19.3 Å². The van der Waals surface area contributed by atoms with Crippen molar-refractivity contribution in [1.82, 2.24) is 19.9 Å². The molecule has 0 amide bonds. The molecule has 9 nitrogen and oxygen atoms in total. The number of hydrogen-bond acceptors (Lipinski definition) is 9. The van der Waals surface area contributed by atoms with Crippen molar-refractivity contribution in [3.8, 4) is 28.8 Å². The predicted molar refractivity (Wildman–Crippen MR) is 125 cm³/mol. The van der Waals surface area contributed by atoms with Gasteiger partial charge in [-0.25, -0.2) is 15.0 Å². The van der Waals surface area contributed by atoms with Gasteiger partial charge in [0.15, 0.2) is 0 Å². The molecule has 0 unspecified atom stereocenters. The molecule has 2 aromatic carbocycles. The van der Waals surface area contributed by atoms with Gasteiger partial charge in [0.05, 0.1) is 44.3 Å². The van der Waals surface area contributed by atoms with Gasteiger partial charge in [-0.15, -0.1) is 0 Å². The average Bonchev–Trinajstić information content (AvgIpc) is 2.88. The van der Waals surface area contributed by atoms with E-state index >= 15 is 0 Å². The summed E-state index contributed by atoms with van der Waals surface area (Å²) >= 11 is 0. The highest BCUT2D eigenvalue weighted by atomic mass is 16.5. The monoisotopic (exact) mass is 447 g/mol. The number of hydrogen-bond donors (Lipinski definition) is 1. The summed E-state index contributed by atoms with van der Waals surface area (Å²) in [5.74, 6) is 1.36. The Morgan fingerprint density at radius 2 is 1.52 bits per heavy atom. The molecule has 1 N–H and O–H groups in total. The first kappa shape index (κ1) is 22.2. The van der Waals surface area contributed by atoms with Gasteiger partial charge in [-0.2, -0.15) is 0 Å².